The van der Waals surface area contributed by atoms with Gasteiger partial charge in [-0.15, -0.1) is 0 Å². The summed E-state index contributed by atoms with van der Waals surface area (Å²) in [6.07, 6.45) is 1.41. The number of rotatable bonds is 8. The van der Waals surface area contributed by atoms with Crippen LogP contribution in [0.3, 0.4) is 0 Å². The van der Waals surface area contributed by atoms with Crippen LogP contribution in [-0.2, 0) is 11.3 Å². The number of benzene rings is 1. The molecule has 0 bridgehead atoms. The minimum absolute atomic E-state index is 0.218. The molecule has 0 spiro atoms. The van der Waals surface area contributed by atoms with Crippen LogP contribution >= 0.6 is 0 Å². The van der Waals surface area contributed by atoms with E-state index in [1.807, 2.05) is 45.3 Å². The van der Waals surface area contributed by atoms with Crippen molar-refractivity contribution < 1.29 is 14.3 Å². The van der Waals surface area contributed by atoms with Gasteiger partial charge >= 0.3 is 6.09 Å². The minimum Gasteiger partial charge on any atom is -0.492 e. The Morgan fingerprint density at radius 1 is 1.36 bits per heavy atom. The van der Waals surface area contributed by atoms with Gasteiger partial charge in [-0.05, 0) is 51.6 Å². The molecule has 1 saturated heterocycles. The van der Waals surface area contributed by atoms with Crippen LogP contribution < -0.4 is 15.8 Å². The Labute approximate surface area is 167 Å². The maximum atomic E-state index is 11.7. The van der Waals surface area contributed by atoms with E-state index in [-0.39, 0.29) is 12.1 Å². The van der Waals surface area contributed by atoms with E-state index in [2.05, 4.69) is 15.2 Å². The zero-order valence-corrected chi connectivity index (χ0v) is 17.2. The molecule has 1 aromatic rings. The molecule has 156 valence electrons. The molecule has 0 saturated carbocycles. The molecule has 1 aliphatic rings. The Morgan fingerprint density at radius 3 is 2.79 bits per heavy atom. The SMILES string of the molecule is CCOC(=O)N1CCC(NC(N)=NCc2cccc(OCCN(C)C)c2)CC1. The zero-order valence-electron chi connectivity index (χ0n) is 17.2. The fourth-order valence-electron chi connectivity index (χ4n) is 2.93. The molecule has 0 aromatic heterocycles. The highest BCUT2D eigenvalue weighted by Gasteiger charge is 2.23. The molecule has 1 aliphatic heterocycles. The quantitative estimate of drug-likeness (QED) is 0.517. The van der Waals surface area contributed by atoms with Crippen LogP contribution in [0.25, 0.3) is 0 Å². The van der Waals surface area contributed by atoms with Crippen molar-refractivity contribution in [2.24, 2.45) is 10.7 Å². The number of hydrogen-bond donors (Lipinski definition) is 2. The highest BCUT2D eigenvalue weighted by atomic mass is 16.6. The number of carbonyl (C=O) groups is 1. The number of carbonyl (C=O) groups excluding carboxylic acids is 1. The van der Waals surface area contributed by atoms with Gasteiger partial charge in [0, 0.05) is 25.7 Å². The van der Waals surface area contributed by atoms with Gasteiger partial charge in [-0.2, -0.15) is 0 Å². The zero-order chi connectivity index (χ0) is 20.4. The van der Waals surface area contributed by atoms with Crippen molar-refractivity contribution in [2.45, 2.75) is 32.4 Å². The second-order valence-corrected chi connectivity index (χ2v) is 7.11. The summed E-state index contributed by atoms with van der Waals surface area (Å²) in [5.41, 5.74) is 7.09. The summed E-state index contributed by atoms with van der Waals surface area (Å²) in [5, 5.41) is 3.25. The van der Waals surface area contributed by atoms with Crippen molar-refractivity contribution in [3.8, 4) is 5.75 Å². The largest absolute Gasteiger partial charge is 0.492 e. The predicted molar refractivity (Wildman–Crippen MR) is 111 cm³/mol. The van der Waals surface area contributed by atoms with E-state index in [1.165, 1.54) is 0 Å². The Kier molecular flexibility index (Phi) is 8.87. The lowest BCUT2D eigenvalue weighted by molar-refractivity contribution is 0.0963. The first-order valence-corrected chi connectivity index (χ1v) is 9.82. The minimum atomic E-state index is -0.240. The number of ether oxygens (including phenoxy) is 2. The summed E-state index contributed by atoms with van der Waals surface area (Å²) in [4.78, 5) is 20.0. The number of amides is 1. The van der Waals surface area contributed by atoms with Crippen molar-refractivity contribution in [3.63, 3.8) is 0 Å². The van der Waals surface area contributed by atoms with Gasteiger partial charge in [0.2, 0.25) is 0 Å². The Bertz CT molecular complexity index is 642. The summed E-state index contributed by atoms with van der Waals surface area (Å²) in [7, 11) is 4.04. The fraction of sp³-hybridized carbons (Fsp3) is 0.600. The van der Waals surface area contributed by atoms with Gasteiger partial charge in [0.05, 0.1) is 13.2 Å². The molecule has 1 amide bonds. The normalized spacial score (nSPS) is 15.6. The summed E-state index contributed by atoms with van der Waals surface area (Å²) in [6.45, 7) is 5.55. The molecule has 8 nitrogen and oxygen atoms in total. The number of nitrogens with two attached hydrogens (primary N) is 1. The van der Waals surface area contributed by atoms with Crippen LogP contribution in [0, 0.1) is 0 Å². The number of hydrogen-bond acceptors (Lipinski definition) is 5. The highest BCUT2D eigenvalue weighted by Crippen LogP contribution is 2.14. The van der Waals surface area contributed by atoms with Crippen molar-refractivity contribution in [2.75, 3.05) is 46.9 Å². The van der Waals surface area contributed by atoms with E-state index in [9.17, 15) is 4.79 Å². The number of likely N-dealkylation sites (tertiary alicyclic amines) is 1. The molecule has 2 rings (SSSR count). The molecule has 0 radical (unpaired) electrons. The number of likely N-dealkylation sites (N-methyl/N-ethyl adjacent to an activating group) is 1. The maximum absolute atomic E-state index is 11.7. The molecule has 1 heterocycles. The van der Waals surface area contributed by atoms with Crippen LogP contribution in [0.5, 0.6) is 5.75 Å². The number of nitrogens with one attached hydrogen (secondary N) is 1. The summed E-state index contributed by atoms with van der Waals surface area (Å²) in [5.74, 6) is 1.26. The summed E-state index contributed by atoms with van der Waals surface area (Å²) in [6, 6.07) is 8.12. The Balaban J connectivity index is 1.76. The van der Waals surface area contributed by atoms with Crippen molar-refractivity contribution >= 4 is 12.1 Å². The fourth-order valence-corrected chi connectivity index (χ4v) is 2.93. The molecule has 1 aromatic carbocycles. The molecule has 0 atom stereocenters. The average Bonchev–Trinajstić information content (AvgIpc) is 2.67. The van der Waals surface area contributed by atoms with Crippen LogP contribution in [-0.4, -0.2) is 74.8 Å². The Hall–Kier alpha value is -2.48. The second kappa shape index (κ2) is 11.4. The monoisotopic (exact) mass is 391 g/mol. The first kappa shape index (κ1) is 21.8. The topological polar surface area (TPSA) is 92.4 Å². The molecule has 0 aliphatic carbocycles. The summed E-state index contributed by atoms with van der Waals surface area (Å²) >= 11 is 0. The molecular weight excluding hydrogens is 358 g/mol. The lowest BCUT2D eigenvalue weighted by atomic mass is 10.1. The third-order valence-electron chi connectivity index (χ3n) is 4.51. The van der Waals surface area contributed by atoms with E-state index in [0.29, 0.717) is 38.8 Å². The second-order valence-electron chi connectivity index (χ2n) is 7.11. The number of guanidine groups is 1. The van der Waals surface area contributed by atoms with E-state index in [0.717, 1.165) is 30.7 Å². The number of piperidine rings is 1. The molecule has 3 N–H and O–H groups in total. The van der Waals surface area contributed by atoms with Crippen LogP contribution in [0.15, 0.2) is 29.3 Å². The van der Waals surface area contributed by atoms with Gasteiger partial charge in [0.15, 0.2) is 5.96 Å². The van der Waals surface area contributed by atoms with E-state index < -0.39 is 0 Å². The lowest BCUT2D eigenvalue weighted by Crippen LogP contribution is -2.48. The highest BCUT2D eigenvalue weighted by molar-refractivity contribution is 5.78. The maximum Gasteiger partial charge on any atom is 0.409 e. The predicted octanol–water partition coefficient (Wildman–Crippen LogP) is 1.65. The van der Waals surface area contributed by atoms with Crippen LogP contribution in [0.4, 0.5) is 4.79 Å². The first-order chi connectivity index (χ1) is 13.5. The van der Waals surface area contributed by atoms with E-state index in [1.54, 1.807) is 4.90 Å². The number of aliphatic imine (C=N–C) groups is 1. The number of nitrogens with zero attached hydrogens (tertiary/aromatic N) is 3. The van der Waals surface area contributed by atoms with Crippen molar-refractivity contribution in [1.82, 2.24) is 15.1 Å². The third kappa shape index (κ3) is 7.64. The van der Waals surface area contributed by atoms with Crippen LogP contribution in [0.1, 0.15) is 25.3 Å². The summed E-state index contributed by atoms with van der Waals surface area (Å²) < 4.78 is 10.8. The van der Waals surface area contributed by atoms with Gasteiger partial charge in [0.1, 0.15) is 12.4 Å². The van der Waals surface area contributed by atoms with Gasteiger partial charge in [-0.1, -0.05) is 12.1 Å². The first-order valence-electron chi connectivity index (χ1n) is 9.82. The third-order valence-corrected chi connectivity index (χ3v) is 4.51. The van der Waals surface area contributed by atoms with Gasteiger partial charge in [-0.25, -0.2) is 9.79 Å². The van der Waals surface area contributed by atoms with Gasteiger partial charge in [-0.3, -0.25) is 0 Å². The van der Waals surface area contributed by atoms with E-state index in [4.69, 9.17) is 15.2 Å². The van der Waals surface area contributed by atoms with Crippen LogP contribution in [0.2, 0.25) is 0 Å². The molecule has 28 heavy (non-hydrogen) atoms. The standard InChI is InChI=1S/C20H33N5O3/c1-4-27-20(26)25-10-8-17(9-11-25)23-19(21)22-15-16-6-5-7-18(14-16)28-13-12-24(2)3/h5-7,14,17H,4,8-13,15H2,1-3H3,(H3,21,22,23). The average molecular weight is 392 g/mol. The molecule has 8 heteroatoms. The molecule has 0 unspecified atom stereocenters. The Morgan fingerprint density at radius 2 is 2.11 bits per heavy atom. The molecule has 1 fully saturated rings. The van der Waals surface area contributed by atoms with E-state index >= 15 is 0 Å². The molecular formula is C20H33N5O3. The van der Waals surface area contributed by atoms with Gasteiger partial charge < -0.3 is 30.3 Å². The smallest absolute Gasteiger partial charge is 0.409 e. The van der Waals surface area contributed by atoms with Crippen molar-refractivity contribution in [1.29, 1.82) is 0 Å². The van der Waals surface area contributed by atoms with Gasteiger partial charge in [0.25, 0.3) is 0 Å². The van der Waals surface area contributed by atoms with Crippen molar-refractivity contribution in [3.05, 3.63) is 29.8 Å². The lowest BCUT2D eigenvalue weighted by Gasteiger charge is -2.31.